The predicted molar refractivity (Wildman–Crippen MR) is 104 cm³/mol. The first kappa shape index (κ1) is 17.6. The summed E-state index contributed by atoms with van der Waals surface area (Å²) in [4.78, 5) is 8.41. The van der Waals surface area contributed by atoms with Crippen molar-refractivity contribution in [1.82, 2.24) is 9.97 Å². The molecule has 0 aliphatic rings. The fourth-order valence-corrected chi connectivity index (χ4v) is 2.58. The van der Waals surface area contributed by atoms with E-state index >= 15 is 0 Å². The molecule has 3 rings (SSSR count). The molecule has 1 heterocycles. The van der Waals surface area contributed by atoms with Crippen LogP contribution in [0.15, 0.2) is 48.8 Å². The number of hydrogen-bond donors (Lipinski definition) is 3. The Morgan fingerprint density at radius 3 is 2.23 bits per heavy atom. The number of benzene rings is 2. The number of anilines is 5. The molecule has 2 aromatic carbocycles. The molecule has 0 saturated heterocycles. The Bertz CT molecular complexity index is 906. The molecule has 0 bridgehead atoms. The maximum Gasteiger partial charge on any atom is 0.159 e. The molecule has 0 atom stereocenters. The van der Waals surface area contributed by atoms with Crippen LogP contribution in [0, 0.1) is 0 Å². The standard InChI is InChI=1S/C18H18ClN5O2/c1-25-14-9-15(26-2)13(8-12(14)19)24-18-16(20)17(21-10-22-18)23-11-6-4-3-5-7-11/h3-10H,20H2,1-2H3,(H2,21,22,23,24). The summed E-state index contributed by atoms with van der Waals surface area (Å²) in [6.45, 7) is 0. The van der Waals surface area contributed by atoms with Gasteiger partial charge < -0.3 is 25.8 Å². The van der Waals surface area contributed by atoms with E-state index in [1.54, 1.807) is 19.2 Å². The van der Waals surface area contributed by atoms with Crippen LogP contribution in [0.1, 0.15) is 0 Å². The first-order chi connectivity index (χ1) is 12.6. The average Bonchev–Trinajstić information content (AvgIpc) is 2.66. The molecule has 0 aliphatic heterocycles. The molecule has 3 aromatic rings. The minimum atomic E-state index is 0.366. The van der Waals surface area contributed by atoms with E-state index in [9.17, 15) is 0 Å². The third-order valence-corrected chi connectivity index (χ3v) is 3.94. The lowest BCUT2D eigenvalue weighted by Crippen LogP contribution is -2.06. The molecule has 7 nitrogen and oxygen atoms in total. The Labute approximate surface area is 156 Å². The normalized spacial score (nSPS) is 10.3. The molecule has 0 unspecified atom stereocenters. The Balaban J connectivity index is 1.91. The van der Waals surface area contributed by atoms with Crippen molar-refractivity contribution in [3.8, 4) is 11.5 Å². The largest absolute Gasteiger partial charge is 0.495 e. The van der Waals surface area contributed by atoms with E-state index < -0.39 is 0 Å². The highest BCUT2D eigenvalue weighted by molar-refractivity contribution is 6.32. The number of para-hydroxylation sites is 1. The number of rotatable bonds is 6. The summed E-state index contributed by atoms with van der Waals surface area (Å²) in [5.41, 5.74) is 8.06. The van der Waals surface area contributed by atoms with Crippen LogP contribution in [0.25, 0.3) is 0 Å². The Morgan fingerprint density at radius 1 is 0.923 bits per heavy atom. The first-order valence-electron chi connectivity index (χ1n) is 7.73. The van der Waals surface area contributed by atoms with Crippen LogP contribution in [-0.2, 0) is 0 Å². The summed E-state index contributed by atoms with van der Waals surface area (Å²) in [6, 6.07) is 13.0. The highest BCUT2D eigenvalue weighted by Crippen LogP contribution is 2.38. The number of nitrogens with two attached hydrogens (primary N) is 1. The van der Waals surface area contributed by atoms with E-state index in [-0.39, 0.29) is 0 Å². The number of ether oxygens (including phenoxy) is 2. The van der Waals surface area contributed by atoms with Gasteiger partial charge in [0, 0.05) is 11.8 Å². The molecular weight excluding hydrogens is 354 g/mol. The van der Waals surface area contributed by atoms with Gasteiger partial charge in [0.25, 0.3) is 0 Å². The molecule has 0 saturated carbocycles. The number of hydrogen-bond acceptors (Lipinski definition) is 7. The van der Waals surface area contributed by atoms with Gasteiger partial charge in [-0.25, -0.2) is 9.97 Å². The minimum Gasteiger partial charge on any atom is -0.495 e. The third-order valence-electron chi connectivity index (χ3n) is 3.65. The number of methoxy groups -OCH3 is 2. The minimum absolute atomic E-state index is 0.366. The van der Waals surface area contributed by atoms with Gasteiger partial charge in [-0.15, -0.1) is 0 Å². The highest BCUT2D eigenvalue weighted by atomic mass is 35.5. The van der Waals surface area contributed by atoms with E-state index in [1.807, 2.05) is 30.3 Å². The molecule has 0 fully saturated rings. The fraction of sp³-hybridized carbons (Fsp3) is 0.111. The molecule has 134 valence electrons. The van der Waals surface area contributed by atoms with Crippen LogP contribution in [0.2, 0.25) is 5.02 Å². The van der Waals surface area contributed by atoms with Crippen molar-refractivity contribution in [3.05, 3.63) is 53.8 Å². The molecule has 1 aromatic heterocycles. The van der Waals surface area contributed by atoms with Crippen LogP contribution >= 0.6 is 11.6 Å². The van der Waals surface area contributed by atoms with E-state index in [0.29, 0.717) is 39.5 Å². The molecular formula is C18H18ClN5O2. The number of nitrogens with one attached hydrogen (secondary N) is 2. The molecule has 0 amide bonds. The molecule has 0 spiro atoms. The van der Waals surface area contributed by atoms with Crippen molar-refractivity contribution in [2.24, 2.45) is 0 Å². The van der Waals surface area contributed by atoms with Crippen LogP contribution in [0.3, 0.4) is 0 Å². The monoisotopic (exact) mass is 371 g/mol. The Morgan fingerprint density at radius 2 is 1.58 bits per heavy atom. The maximum absolute atomic E-state index is 6.22. The molecule has 4 N–H and O–H groups in total. The summed E-state index contributed by atoms with van der Waals surface area (Å²) in [6.07, 6.45) is 1.42. The van der Waals surface area contributed by atoms with Crippen molar-refractivity contribution in [2.75, 3.05) is 30.6 Å². The zero-order valence-corrected chi connectivity index (χ0v) is 15.0. The van der Waals surface area contributed by atoms with Gasteiger partial charge in [-0.05, 0) is 18.2 Å². The van der Waals surface area contributed by atoms with E-state index in [4.69, 9.17) is 26.8 Å². The molecule has 26 heavy (non-hydrogen) atoms. The Hall–Kier alpha value is -3.19. The van der Waals surface area contributed by atoms with E-state index in [0.717, 1.165) is 5.69 Å². The summed E-state index contributed by atoms with van der Waals surface area (Å²) in [5.74, 6) is 1.98. The maximum atomic E-state index is 6.22. The number of nitrogen functional groups attached to an aromatic ring is 1. The topological polar surface area (TPSA) is 94.3 Å². The lowest BCUT2D eigenvalue weighted by molar-refractivity contribution is 0.396. The van der Waals surface area contributed by atoms with Crippen LogP contribution in [0.5, 0.6) is 11.5 Å². The summed E-state index contributed by atoms with van der Waals surface area (Å²) in [7, 11) is 3.09. The van der Waals surface area contributed by atoms with Gasteiger partial charge in [-0.2, -0.15) is 0 Å². The Kier molecular flexibility index (Phi) is 5.28. The number of aromatic nitrogens is 2. The number of halogens is 1. The van der Waals surface area contributed by atoms with Crippen LogP contribution in [0.4, 0.5) is 28.7 Å². The van der Waals surface area contributed by atoms with Crippen molar-refractivity contribution < 1.29 is 9.47 Å². The highest BCUT2D eigenvalue weighted by Gasteiger charge is 2.14. The van der Waals surface area contributed by atoms with E-state index in [1.165, 1.54) is 13.4 Å². The zero-order valence-electron chi connectivity index (χ0n) is 14.3. The van der Waals surface area contributed by atoms with Gasteiger partial charge in [0.05, 0.1) is 24.9 Å². The van der Waals surface area contributed by atoms with Gasteiger partial charge in [0.1, 0.15) is 23.5 Å². The summed E-state index contributed by atoms with van der Waals surface area (Å²) >= 11 is 6.21. The lowest BCUT2D eigenvalue weighted by Gasteiger charge is -2.15. The smallest absolute Gasteiger partial charge is 0.159 e. The predicted octanol–water partition coefficient (Wildman–Crippen LogP) is 4.22. The van der Waals surface area contributed by atoms with Gasteiger partial charge in [0.15, 0.2) is 11.6 Å². The molecule has 8 heteroatoms. The molecule has 0 radical (unpaired) electrons. The van der Waals surface area contributed by atoms with Gasteiger partial charge in [0.2, 0.25) is 0 Å². The number of nitrogens with zero attached hydrogens (tertiary/aromatic N) is 2. The van der Waals surface area contributed by atoms with Crippen molar-refractivity contribution in [3.63, 3.8) is 0 Å². The zero-order chi connectivity index (χ0) is 18.5. The summed E-state index contributed by atoms with van der Waals surface area (Å²) < 4.78 is 10.6. The second kappa shape index (κ2) is 7.79. The van der Waals surface area contributed by atoms with Crippen LogP contribution < -0.4 is 25.8 Å². The fourth-order valence-electron chi connectivity index (χ4n) is 2.34. The van der Waals surface area contributed by atoms with Crippen molar-refractivity contribution in [2.45, 2.75) is 0 Å². The van der Waals surface area contributed by atoms with Crippen LogP contribution in [-0.4, -0.2) is 24.2 Å². The lowest BCUT2D eigenvalue weighted by atomic mass is 10.2. The second-order valence-corrected chi connectivity index (χ2v) is 5.69. The quantitative estimate of drug-likeness (QED) is 0.597. The second-order valence-electron chi connectivity index (χ2n) is 5.29. The van der Waals surface area contributed by atoms with Crippen molar-refractivity contribution in [1.29, 1.82) is 0 Å². The third kappa shape index (κ3) is 3.73. The summed E-state index contributed by atoms with van der Waals surface area (Å²) in [5, 5.41) is 6.73. The van der Waals surface area contributed by atoms with Gasteiger partial charge in [-0.3, -0.25) is 0 Å². The average molecular weight is 372 g/mol. The van der Waals surface area contributed by atoms with E-state index in [2.05, 4.69) is 20.6 Å². The molecule has 0 aliphatic carbocycles. The van der Waals surface area contributed by atoms with Crippen molar-refractivity contribution >= 4 is 40.3 Å². The SMILES string of the molecule is COc1cc(OC)c(Nc2ncnc(Nc3ccccc3)c2N)cc1Cl. The van der Waals surface area contributed by atoms with Gasteiger partial charge in [-0.1, -0.05) is 29.8 Å². The van der Waals surface area contributed by atoms with Gasteiger partial charge >= 0.3 is 0 Å². The first-order valence-corrected chi connectivity index (χ1v) is 8.11.